The molecular weight excluding hydrogens is 444 g/mol. The third kappa shape index (κ3) is 5.39. The fourth-order valence-electron chi connectivity index (χ4n) is 3.38. The van der Waals surface area contributed by atoms with Gasteiger partial charge < -0.3 is 5.32 Å². The number of hydrogen-bond acceptors (Lipinski definition) is 7. The molecule has 1 fully saturated rings. The molecule has 2 aromatic rings. The summed E-state index contributed by atoms with van der Waals surface area (Å²) in [6.45, 7) is 2.92. The Balaban J connectivity index is 1.84. The molecule has 1 aliphatic heterocycles. The standard InChI is InChI=1S/C19H24N4O6S2/c1-14-7-9-22(10-8-14)31(28,29)17-5-6-18(19(12-17)23(24)25)21-13-15-3-2-4-16(11-15)30(20,26)27/h2-6,11-12,14,21H,7-10,13H2,1H3,(H2,20,26,27). The van der Waals surface area contributed by atoms with Crippen molar-refractivity contribution >= 4 is 31.4 Å². The van der Waals surface area contributed by atoms with E-state index in [-0.39, 0.29) is 27.7 Å². The summed E-state index contributed by atoms with van der Waals surface area (Å²) in [5.41, 5.74) is 0.284. The molecule has 0 bridgehead atoms. The molecule has 10 nitrogen and oxygen atoms in total. The number of sulfonamides is 2. The SMILES string of the molecule is CC1CCN(S(=O)(=O)c2ccc(NCc3cccc(S(N)(=O)=O)c3)c([N+](=O)[O-])c2)CC1. The Hall–Kier alpha value is -2.54. The van der Waals surface area contributed by atoms with Gasteiger partial charge in [-0.15, -0.1) is 0 Å². The van der Waals surface area contributed by atoms with Gasteiger partial charge in [0.25, 0.3) is 5.69 Å². The number of hydrogen-bond donors (Lipinski definition) is 2. The van der Waals surface area contributed by atoms with Crippen LogP contribution in [0.4, 0.5) is 11.4 Å². The number of nitrogens with zero attached hydrogens (tertiary/aromatic N) is 2. The van der Waals surface area contributed by atoms with Crippen molar-refractivity contribution in [2.75, 3.05) is 18.4 Å². The van der Waals surface area contributed by atoms with Crippen LogP contribution in [0.25, 0.3) is 0 Å². The van der Waals surface area contributed by atoms with Gasteiger partial charge in [0.2, 0.25) is 20.0 Å². The summed E-state index contributed by atoms with van der Waals surface area (Å²) in [6, 6.07) is 9.61. The van der Waals surface area contributed by atoms with Gasteiger partial charge in [-0.05, 0) is 48.6 Å². The topological polar surface area (TPSA) is 153 Å². The number of nitro groups is 1. The normalized spacial score (nSPS) is 16.2. The lowest BCUT2D eigenvalue weighted by atomic mass is 10.0. The van der Waals surface area contributed by atoms with E-state index in [2.05, 4.69) is 12.2 Å². The highest BCUT2D eigenvalue weighted by Gasteiger charge is 2.30. The predicted molar refractivity (Wildman–Crippen MR) is 115 cm³/mol. The lowest BCUT2D eigenvalue weighted by Gasteiger charge is -2.29. The smallest absolute Gasteiger partial charge is 0.293 e. The number of benzene rings is 2. The maximum absolute atomic E-state index is 12.9. The Morgan fingerprint density at radius 3 is 2.39 bits per heavy atom. The quantitative estimate of drug-likeness (QED) is 0.467. The van der Waals surface area contributed by atoms with Crippen molar-refractivity contribution < 1.29 is 21.8 Å². The van der Waals surface area contributed by atoms with Crippen molar-refractivity contribution in [3.05, 3.63) is 58.1 Å². The van der Waals surface area contributed by atoms with E-state index in [0.29, 0.717) is 24.6 Å². The first-order valence-corrected chi connectivity index (χ1v) is 12.6. The molecule has 1 aliphatic rings. The van der Waals surface area contributed by atoms with Crippen LogP contribution in [0.1, 0.15) is 25.3 Å². The molecule has 0 unspecified atom stereocenters. The van der Waals surface area contributed by atoms with Crippen LogP contribution >= 0.6 is 0 Å². The summed E-state index contributed by atoms with van der Waals surface area (Å²) in [7, 11) is -7.70. The van der Waals surface area contributed by atoms with E-state index in [1.807, 2.05) is 0 Å². The maximum Gasteiger partial charge on any atom is 0.293 e. The number of nitrogens with one attached hydrogen (secondary N) is 1. The second kappa shape index (κ2) is 8.91. The second-order valence-electron chi connectivity index (χ2n) is 7.57. The molecule has 0 spiro atoms. The van der Waals surface area contributed by atoms with Crippen LogP contribution in [-0.4, -0.2) is 39.2 Å². The highest BCUT2D eigenvalue weighted by atomic mass is 32.2. The molecule has 0 aliphatic carbocycles. The summed E-state index contributed by atoms with van der Waals surface area (Å²) in [4.78, 5) is 10.7. The Morgan fingerprint density at radius 2 is 1.77 bits per heavy atom. The van der Waals surface area contributed by atoms with E-state index in [9.17, 15) is 26.9 Å². The van der Waals surface area contributed by atoms with E-state index < -0.39 is 25.0 Å². The van der Waals surface area contributed by atoms with Crippen LogP contribution in [0, 0.1) is 16.0 Å². The van der Waals surface area contributed by atoms with E-state index in [4.69, 9.17) is 5.14 Å². The van der Waals surface area contributed by atoms with Crippen molar-refractivity contribution in [1.29, 1.82) is 0 Å². The first-order chi connectivity index (χ1) is 14.5. The Labute approximate surface area is 181 Å². The van der Waals surface area contributed by atoms with Crippen LogP contribution in [0.15, 0.2) is 52.3 Å². The zero-order chi connectivity index (χ0) is 22.8. The summed E-state index contributed by atoms with van der Waals surface area (Å²) < 4.78 is 50.1. The van der Waals surface area contributed by atoms with Gasteiger partial charge in [0.05, 0.1) is 14.7 Å². The van der Waals surface area contributed by atoms with Gasteiger partial charge in [-0.25, -0.2) is 22.0 Å². The van der Waals surface area contributed by atoms with E-state index in [0.717, 1.165) is 18.9 Å². The highest BCUT2D eigenvalue weighted by Crippen LogP contribution is 2.31. The molecule has 0 amide bonds. The van der Waals surface area contributed by atoms with Crippen molar-refractivity contribution in [2.24, 2.45) is 11.1 Å². The molecule has 1 heterocycles. The fraction of sp³-hybridized carbons (Fsp3) is 0.368. The minimum Gasteiger partial charge on any atom is -0.375 e. The number of nitro benzene ring substituents is 1. The Kier molecular flexibility index (Phi) is 6.65. The minimum absolute atomic E-state index is 0.0707. The average Bonchev–Trinajstić information content (AvgIpc) is 2.72. The van der Waals surface area contributed by atoms with Crippen LogP contribution in [0.3, 0.4) is 0 Å². The monoisotopic (exact) mass is 468 g/mol. The van der Waals surface area contributed by atoms with E-state index >= 15 is 0 Å². The number of primary sulfonamides is 1. The van der Waals surface area contributed by atoms with Gasteiger partial charge in [-0.1, -0.05) is 19.1 Å². The van der Waals surface area contributed by atoms with Crippen LogP contribution in [-0.2, 0) is 26.6 Å². The molecule has 0 saturated carbocycles. The third-order valence-electron chi connectivity index (χ3n) is 5.26. The van der Waals surface area contributed by atoms with Gasteiger partial charge in [0.1, 0.15) is 5.69 Å². The van der Waals surface area contributed by atoms with Gasteiger partial charge >= 0.3 is 0 Å². The maximum atomic E-state index is 12.9. The highest BCUT2D eigenvalue weighted by molar-refractivity contribution is 7.89. The molecule has 2 aromatic carbocycles. The molecule has 0 atom stereocenters. The molecular formula is C19H24N4O6S2. The van der Waals surface area contributed by atoms with E-state index in [1.165, 1.54) is 34.6 Å². The summed E-state index contributed by atoms with van der Waals surface area (Å²) >= 11 is 0. The first kappa shape index (κ1) is 23.1. The van der Waals surface area contributed by atoms with Crippen molar-refractivity contribution in [3.63, 3.8) is 0 Å². The zero-order valence-corrected chi connectivity index (χ0v) is 18.5. The summed E-state index contributed by atoms with van der Waals surface area (Å²) in [5, 5.41) is 19.6. The fourth-order valence-corrected chi connectivity index (χ4v) is 5.45. The Morgan fingerprint density at radius 1 is 1.10 bits per heavy atom. The predicted octanol–water partition coefficient (Wildman–Crippen LogP) is 2.27. The number of rotatable bonds is 7. The molecule has 12 heteroatoms. The molecule has 0 aromatic heterocycles. The van der Waals surface area contributed by atoms with Crippen LogP contribution in [0.2, 0.25) is 0 Å². The number of piperidine rings is 1. The van der Waals surface area contributed by atoms with Crippen molar-refractivity contribution in [3.8, 4) is 0 Å². The zero-order valence-electron chi connectivity index (χ0n) is 16.9. The first-order valence-electron chi connectivity index (χ1n) is 9.62. The molecule has 3 rings (SSSR count). The van der Waals surface area contributed by atoms with Crippen molar-refractivity contribution in [1.82, 2.24) is 4.31 Å². The van der Waals surface area contributed by atoms with Crippen molar-refractivity contribution in [2.45, 2.75) is 36.1 Å². The Bertz CT molecular complexity index is 1190. The molecule has 0 radical (unpaired) electrons. The van der Waals surface area contributed by atoms with Crippen LogP contribution < -0.4 is 10.5 Å². The minimum atomic E-state index is -3.87. The van der Waals surface area contributed by atoms with Gasteiger partial charge in [0.15, 0.2) is 0 Å². The lowest BCUT2D eigenvalue weighted by Crippen LogP contribution is -2.37. The van der Waals surface area contributed by atoms with Crippen LogP contribution in [0.5, 0.6) is 0 Å². The lowest BCUT2D eigenvalue weighted by molar-refractivity contribution is -0.384. The summed E-state index contributed by atoms with van der Waals surface area (Å²) in [6.07, 6.45) is 1.50. The third-order valence-corrected chi connectivity index (χ3v) is 8.06. The number of nitrogens with two attached hydrogens (primary N) is 1. The van der Waals surface area contributed by atoms with Gasteiger partial charge in [-0.3, -0.25) is 10.1 Å². The largest absolute Gasteiger partial charge is 0.375 e. The molecule has 168 valence electrons. The molecule has 1 saturated heterocycles. The average molecular weight is 469 g/mol. The second-order valence-corrected chi connectivity index (χ2v) is 11.1. The molecule has 3 N–H and O–H groups in total. The van der Waals surface area contributed by atoms with E-state index in [1.54, 1.807) is 6.07 Å². The van der Waals surface area contributed by atoms with Gasteiger partial charge in [-0.2, -0.15) is 4.31 Å². The number of anilines is 1. The van der Waals surface area contributed by atoms with Gasteiger partial charge in [0, 0.05) is 25.7 Å². The summed E-state index contributed by atoms with van der Waals surface area (Å²) in [5.74, 6) is 0.445. The molecule has 31 heavy (non-hydrogen) atoms.